The number of carbonyl (C=O) groups excluding carboxylic acids is 1. The number of rotatable bonds is 7. The summed E-state index contributed by atoms with van der Waals surface area (Å²) in [7, 11) is 0. The minimum atomic E-state index is -0.464. The number of hydrogen-bond acceptors (Lipinski definition) is 8. The summed E-state index contributed by atoms with van der Waals surface area (Å²) in [4.78, 5) is 20.8. The van der Waals surface area contributed by atoms with Crippen LogP contribution in [0.4, 0.5) is 0 Å². The minimum absolute atomic E-state index is 0.0337. The van der Waals surface area contributed by atoms with Crippen LogP contribution in [0.25, 0.3) is 0 Å². The van der Waals surface area contributed by atoms with E-state index in [0.29, 0.717) is 23.1 Å². The zero-order valence-corrected chi connectivity index (χ0v) is 15.3. The Bertz CT molecular complexity index is 812. The summed E-state index contributed by atoms with van der Waals surface area (Å²) in [5, 5.41) is 17.2. The molecule has 0 saturated carbocycles. The first-order valence-electron chi connectivity index (χ1n) is 8.32. The molecule has 9 heteroatoms. The van der Waals surface area contributed by atoms with Crippen molar-refractivity contribution in [2.45, 2.75) is 32.5 Å². The lowest BCUT2D eigenvalue weighted by atomic mass is 10.0. The van der Waals surface area contributed by atoms with Gasteiger partial charge in [0.1, 0.15) is 6.10 Å². The largest absolute Gasteiger partial charge is 0.424 e. The fraction of sp³-hybridized carbons (Fsp3) is 0.333. The predicted molar refractivity (Wildman–Crippen MR) is 93.3 cm³/mol. The maximum absolute atomic E-state index is 12.1. The summed E-state index contributed by atoms with van der Waals surface area (Å²) >= 11 is 5.94. The molecule has 0 radical (unpaired) electrons. The van der Waals surface area contributed by atoms with E-state index in [4.69, 9.17) is 31.5 Å². The van der Waals surface area contributed by atoms with Crippen LogP contribution in [-0.2, 0) is 21.0 Å². The van der Waals surface area contributed by atoms with E-state index in [2.05, 4.69) is 9.82 Å². The Morgan fingerprint density at radius 3 is 2.81 bits per heavy atom. The van der Waals surface area contributed by atoms with Gasteiger partial charge in [0.25, 0.3) is 0 Å². The zero-order valence-electron chi connectivity index (χ0n) is 14.6. The van der Waals surface area contributed by atoms with Gasteiger partial charge in [0.05, 0.1) is 24.3 Å². The third-order valence-electron chi connectivity index (χ3n) is 4.15. The first kappa shape index (κ1) is 19.7. The highest BCUT2D eigenvalue weighted by Crippen LogP contribution is 2.41. The van der Waals surface area contributed by atoms with E-state index in [-0.39, 0.29) is 25.6 Å². The van der Waals surface area contributed by atoms with Crippen LogP contribution in [0.15, 0.2) is 30.5 Å². The predicted octanol–water partition coefficient (Wildman–Crippen LogP) is 3.36. The van der Waals surface area contributed by atoms with Gasteiger partial charge in [0, 0.05) is 28.8 Å². The van der Waals surface area contributed by atoms with E-state index >= 15 is 0 Å². The molecule has 1 unspecified atom stereocenters. The number of benzene rings is 1. The molecule has 2 heterocycles. The van der Waals surface area contributed by atoms with Crippen LogP contribution in [0.3, 0.4) is 0 Å². The van der Waals surface area contributed by atoms with Gasteiger partial charge in [-0.1, -0.05) is 23.7 Å². The van der Waals surface area contributed by atoms with Crippen molar-refractivity contribution in [3.05, 3.63) is 57.9 Å². The summed E-state index contributed by atoms with van der Waals surface area (Å²) in [6.07, 6.45) is 1.76. The van der Waals surface area contributed by atoms with E-state index in [9.17, 15) is 4.79 Å². The van der Waals surface area contributed by atoms with Gasteiger partial charge in [-0.25, -0.2) is 0 Å². The fourth-order valence-electron chi connectivity index (χ4n) is 2.86. The Balaban J connectivity index is 1.72. The molecule has 27 heavy (non-hydrogen) atoms. The maximum Gasteiger partial charge on any atom is 0.311 e. The maximum atomic E-state index is 12.1. The molecule has 0 aliphatic carbocycles. The summed E-state index contributed by atoms with van der Waals surface area (Å²) in [6, 6.07) is 7.37. The lowest BCUT2D eigenvalue weighted by Crippen LogP contribution is -2.17. The standard InChI is InChI=1S/C18H19ClN2O6/c1-11-17(27-16(22)3-2-8-26-21(23)24)15-10-25-18(14(15)9-20-11)12-4-6-13(19)7-5-12/h4-7,9,18,23-24H,2-3,8,10H2,1H3. The highest BCUT2D eigenvalue weighted by Gasteiger charge is 2.30. The molecule has 8 nitrogen and oxygen atoms in total. The van der Waals surface area contributed by atoms with Gasteiger partial charge in [-0.05, 0) is 31.0 Å². The Morgan fingerprint density at radius 2 is 2.11 bits per heavy atom. The van der Waals surface area contributed by atoms with Crippen molar-refractivity contribution in [1.82, 2.24) is 10.4 Å². The number of esters is 1. The molecule has 1 aromatic heterocycles. The highest BCUT2D eigenvalue weighted by atomic mass is 35.5. The average Bonchev–Trinajstić information content (AvgIpc) is 3.06. The second-order valence-corrected chi connectivity index (χ2v) is 6.45. The fourth-order valence-corrected chi connectivity index (χ4v) is 2.99. The number of pyridine rings is 1. The van der Waals surface area contributed by atoms with Gasteiger partial charge in [-0.3, -0.25) is 25.0 Å². The highest BCUT2D eigenvalue weighted by molar-refractivity contribution is 6.30. The van der Waals surface area contributed by atoms with Crippen molar-refractivity contribution in [3.63, 3.8) is 0 Å². The van der Waals surface area contributed by atoms with Gasteiger partial charge in [-0.15, -0.1) is 0 Å². The lowest BCUT2D eigenvalue weighted by Gasteiger charge is -2.13. The third kappa shape index (κ3) is 4.81. The molecule has 1 aliphatic rings. The number of carbonyl (C=O) groups is 1. The topological polar surface area (TPSA) is 101 Å². The SMILES string of the molecule is Cc1ncc2c(c1OC(=O)CCCON(O)O)COC2c1ccc(Cl)cc1. The van der Waals surface area contributed by atoms with Crippen molar-refractivity contribution in [2.24, 2.45) is 0 Å². The molecular formula is C18H19ClN2O6. The van der Waals surface area contributed by atoms with Gasteiger partial charge in [0.2, 0.25) is 0 Å². The Hall–Kier alpha value is -2.07. The van der Waals surface area contributed by atoms with Crippen molar-refractivity contribution in [2.75, 3.05) is 6.61 Å². The number of fused-ring (bicyclic) bond motifs is 1. The first-order valence-corrected chi connectivity index (χ1v) is 8.70. The molecule has 1 aromatic carbocycles. The quantitative estimate of drug-likeness (QED) is 0.419. The van der Waals surface area contributed by atoms with E-state index < -0.39 is 11.4 Å². The number of aryl methyl sites for hydroxylation is 1. The van der Waals surface area contributed by atoms with Crippen LogP contribution in [-0.4, -0.2) is 33.4 Å². The van der Waals surface area contributed by atoms with E-state index in [0.717, 1.165) is 16.7 Å². The Labute approximate surface area is 160 Å². The first-order chi connectivity index (χ1) is 13.0. The lowest BCUT2D eigenvalue weighted by molar-refractivity contribution is -0.492. The molecule has 0 spiro atoms. The molecule has 0 saturated heterocycles. The third-order valence-corrected chi connectivity index (χ3v) is 4.40. The van der Waals surface area contributed by atoms with Gasteiger partial charge in [0.15, 0.2) is 5.75 Å². The van der Waals surface area contributed by atoms with Crippen LogP contribution in [0.1, 0.15) is 41.3 Å². The van der Waals surface area contributed by atoms with Crippen LogP contribution in [0.5, 0.6) is 5.75 Å². The molecule has 0 amide bonds. The van der Waals surface area contributed by atoms with Crippen LogP contribution in [0, 0.1) is 6.92 Å². The van der Waals surface area contributed by atoms with Gasteiger partial charge in [-0.2, -0.15) is 0 Å². The van der Waals surface area contributed by atoms with Crippen LogP contribution >= 0.6 is 11.6 Å². The molecule has 0 bridgehead atoms. The summed E-state index contributed by atoms with van der Waals surface area (Å²) in [6.45, 7) is 2.03. The summed E-state index contributed by atoms with van der Waals surface area (Å²) in [5.74, 6) is -0.0601. The number of halogens is 1. The smallest absolute Gasteiger partial charge is 0.311 e. The second kappa shape index (κ2) is 8.75. The van der Waals surface area contributed by atoms with Gasteiger partial charge >= 0.3 is 5.97 Å². The number of hydrogen-bond donors (Lipinski definition) is 2. The molecule has 2 aromatic rings. The zero-order chi connectivity index (χ0) is 19.4. The van der Waals surface area contributed by atoms with Crippen molar-refractivity contribution in [1.29, 1.82) is 0 Å². The second-order valence-electron chi connectivity index (χ2n) is 6.01. The number of nitrogens with zero attached hydrogens (tertiary/aromatic N) is 2. The van der Waals surface area contributed by atoms with Crippen LogP contribution < -0.4 is 4.74 Å². The van der Waals surface area contributed by atoms with E-state index in [1.165, 1.54) is 0 Å². The Morgan fingerprint density at radius 1 is 1.37 bits per heavy atom. The molecule has 144 valence electrons. The minimum Gasteiger partial charge on any atom is -0.424 e. The molecular weight excluding hydrogens is 376 g/mol. The van der Waals surface area contributed by atoms with E-state index in [1.807, 2.05) is 12.1 Å². The monoisotopic (exact) mass is 394 g/mol. The molecule has 2 N–H and O–H groups in total. The van der Waals surface area contributed by atoms with Crippen LogP contribution in [0.2, 0.25) is 5.02 Å². The van der Waals surface area contributed by atoms with Crippen molar-refractivity contribution < 1.29 is 29.5 Å². The van der Waals surface area contributed by atoms with Crippen molar-refractivity contribution in [3.8, 4) is 5.75 Å². The van der Waals surface area contributed by atoms with E-state index in [1.54, 1.807) is 25.3 Å². The molecule has 1 atom stereocenters. The summed E-state index contributed by atoms with van der Waals surface area (Å²) in [5.41, 5.74) is 3.18. The summed E-state index contributed by atoms with van der Waals surface area (Å²) < 4.78 is 11.4. The molecule has 1 aliphatic heterocycles. The normalized spacial score (nSPS) is 15.8. The average molecular weight is 395 g/mol. The Kier molecular flexibility index (Phi) is 6.38. The number of aromatic nitrogens is 1. The molecule has 3 rings (SSSR count). The van der Waals surface area contributed by atoms with Crippen molar-refractivity contribution >= 4 is 17.6 Å². The molecule has 0 fully saturated rings. The van der Waals surface area contributed by atoms with Gasteiger partial charge < -0.3 is 9.47 Å². The number of ether oxygens (including phenoxy) is 2.